The molecule has 5 nitrogen and oxygen atoms in total. The summed E-state index contributed by atoms with van der Waals surface area (Å²) in [6.07, 6.45) is 3.34. The Balaban J connectivity index is 1.50. The third-order valence-corrected chi connectivity index (χ3v) is 5.20. The highest BCUT2D eigenvalue weighted by Crippen LogP contribution is 2.32. The molecular weight excluding hydrogens is 336 g/mol. The second-order valence-electron chi connectivity index (χ2n) is 6.83. The van der Waals surface area contributed by atoms with Crippen molar-refractivity contribution < 1.29 is 4.74 Å². The average molecular weight is 358 g/mol. The van der Waals surface area contributed by atoms with E-state index in [2.05, 4.69) is 69.9 Å². The summed E-state index contributed by atoms with van der Waals surface area (Å²) in [5, 5.41) is 9.77. The van der Waals surface area contributed by atoms with Crippen LogP contribution in [0.4, 0.5) is 0 Å². The van der Waals surface area contributed by atoms with Gasteiger partial charge in [0.2, 0.25) is 0 Å². The van der Waals surface area contributed by atoms with Gasteiger partial charge in [-0.1, -0.05) is 53.6 Å². The van der Waals surface area contributed by atoms with E-state index in [1.54, 1.807) is 0 Å². The highest BCUT2D eigenvalue weighted by molar-refractivity contribution is 5.85. The van der Waals surface area contributed by atoms with E-state index in [9.17, 15) is 0 Å². The highest BCUT2D eigenvalue weighted by atomic mass is 16.5. The molecule has 0 bridgehead atoms. The normalized spacial score (nSPS) is 15.8. The Morgan fingerprint density at radius 1 is 1.11 bits per heavy atom. The van der Waals surface area contributed by atoms with Crippen LogP contribution in [-0.2, 0) is 13.0 Å². The van der Waals surface area contributed by atoms with Gasteiger partial charge in [-0.15, -0.1) is 0 Å². The first kappa shape index (κ1) is 17.4. The van der Waals surface area contributed by atoms with Gasteiger partial charge in [-0.2, -0.15) is 0 Å². The maximum atomic E-state index is 8.36. The summed E-state index contributed by atoms with van der Waals surface area (Å²) in [6.45, 7) is 0.874. The zero-order valence-electron chi connectivity index (χ0n) is 15.1. The van der Waals surface area contributed by atoms with Gasteiger partial charge in [0.25, 0.3) is 0 Å². The summed E-state index contributed by atoms with van der Waals surface area (Å²) in [7, 11) is 0. The summed E-state index contributed by atoms with van der Waals surface area (Å²) in [4.78, 5) is 2.71. The smallest absolute Gasteiger partial charge is 0.167 e. The number of hydrogen-bond donors (Lipinski definition) is 1. The fraction of sp³-hybridized carbons (Fsp3) is 0.273. The Hall–Kier alpha value is -3.01. The number of fused-ring (bicyclic) bond motifs is 2. The topological polar surface area (TPSA) is 70.0 Å². The van der Waals surface area contributed by atoms with Crippen LogP contribution in [0.15, 0.2) is 65.8 Å². The number of benzene rings is 3. The molecule has 3 aromatic carbocycles. The quantitative estimate of drug-likeness (QED) is 0.351. The van der Waals surface area contributed by atoms with Crippen molar-refractivity contribution in [2.75, 3.05) is 6.73 Å². The van der Waals surface area contributed by atoms with Crippen molar-refractivity contribution >= 4 is 10.8 Å². The molecule has 1 aliphatic rings. The fourth-order valence-corrected chi connectivity index (χ4v) is 3.90. The summed E-state index contributed by atoms with van der Waals surface area (Å²) >= 11 is 0. The van der Waals surface area contributed by atoms with Gasteiger partial charge in [0.15, 0.2) is 6.73 Å². The van der Waals surface area contributed by atoms with E-state index in [4.69, 9.17) is 10.3 Å². The standard InChI is InChI=1S/C22H22N4O/c23-26-25-15-27-19-11-12-21-17(13-19)7-4-10-22(21)24-14-18-8-3-6-16-5-1-2-9-20(16)18/h1-3,5-6,8-9,11-13,22,24H,4,7,10,14-15H2. The van der Waals surface area contributed by atoms with Crippen LogP contribution in [0.3, 0.4) is 0 Å². The molecule has 0 saturated carbocycles. The maximum absolute atomic E-state index is 8.36. The van der Waals surface area contributed by atoms with E-state index in [1.807, 2.05) is 6.07 Å². The molecule has 136 valence electrons. The summed E-state index contributed by atoms with van der Waals surface area (Å²) in [6, 6.07) is 21.5. The molecule has 27 heavy (non-hydrogen) atoms. The number of rotatable bonds is 6. The molecule has 5 heteroatoms. The monoisotopic (exact) mass is 358 g/mol. The van der Waals surface area contributed by atoms with E-state index in [-0.39, 0.29) is 6.73 Å². The van der Waals surface area contributed by atoms with Gasteiger partial charge >= 0.3 is 0 Å². The van der Waals surface area contributed by atoms with Crippen molar-refractivity contribution in [1.29, 1.82) is 0 Å². The zero-order valence-corrected chi connectivity index (χ0v) is 15.1. The first-order valence-electron chi connectivity index (χ1n) is 9.31. The summed E-state index contributed by atoms with van der Waals surface area (Å²) in [5.74, 6) is 0.760. The fourth-order valence-electron chi connectivity index (χ4n) is 3.90. The zero-order chi connectivity index (χ0) is 18.5. The van der Waals surface area contributed by atoms with Crippen molar-refractivity contribution in [3.8, 4) is 5.75 Å². The van der Waals surface area contributed by atoms with Crippen molar-refractivity contribution in [3.63, 3.8) is 0 Å². The number of nitrogens with zero attached hydrogens (tertiary/aromatic N) is 3. The number of azide groups is 1. The van der Waals surface area contributed by atoms with Crippen molar-refractivity contribution in [2.24, 2.45) is 5.11 Å². The van der Waals surface area contributed by atoms with Gasteiger partial charge in [0.05, 0.1) is 0 Å². The Labute approximate surface area is 158 Å². The van der Waals surface area contributed by atoms with Crippen molar-refractivity contribution in [3.05, 3.63) is 87.8 Å². The van der Waals surface area contributed by atoms with Crippen LogP contribution < -0.4 is 10.1 Å². The molecule has 0 fully saturated rings. The molecule has 1 atom stereocenters. The third kappa shape index (κ3) is 3.90. The largest absolute Gasteiger partial charge is 0.488 e. The second-order valence-corrected chi connectivity index (χ2v) is 6.83. The molecule has 1 aliphatic carbocycles. The molecule has 1 unspecified atom stereocenters. The number of hydrogen-bond acceptors (Lipinski definition) is 3. The van der Waals surface area contributed by atoms with Crippen LogP contribution in [-0.4, -0.2) is 6.73 Å². The Kier molecular flexibility index (Phi) is 5.24. The van der Waals surface area contributed by atoms with Crippen LogP contribution in [0, 0.1) is 0 Å². The number of ether oxygens (including phenoxy) is 1. The minimum Gasteiger partial charge on any atom is -0.488 e. The molecule has 0 aliphatic heterocycles. The lowest BCUT2D eigenvalue weighted by Gasteiger charge is -2.27. The predicted molar refractivity (Wildman–Crippen MR) is 108 cm³/mol. The average Bonchev–Trinajstić information content (AvgIpc) is 2.72. The second kappa shape index (κ2) is 8.12. The molecule has 0 saturated heterocycles. The van der Waals surface area contributed by atoms with E-state index >= 15 is 0 Å². The lowest BCUT2D eigenvalue weighted by atomic mass is 9.87. The molecule has 1 N–H and O–H groups in total. The lowest BCUT2D eigenvalue weighted by Crippen LogP contribution is -2.25. The van der Waals surface area contributed by atoms with Crippen LogP contribution in [0.1, 0.15) is 35.6 Å². The maximum Gasteiger partial charge on any atom is 0.167 e. The van der Waals surface area contributed by atoms with Crippen LogP contribution in [0.5, 0.6) is 5.75 Å². The molecule has 0 spiro atoms. The van der Waals surface area contributed by atoms with E-state index in [0.717, 1.165) is 31.6 Å². The lowest BCUT2D eigenvalue weighted by molar-refractivity contribution is 0.328. The molecule has 0 radical (unpaired) electrons. The van der Waals surface area contributed by atoms with Gasteiger partial charge in [-0.25, -0.2) is 0 Å². The van der Waals surface area contributed by atoms with Crippen molar-refractivity contribution in [1.82, 2.24) is 5.32 Å². The van der Waals surface area contributed by atoms with E-state index in [0.29, 0.717) is 6.04 Å². The van der Waals surface area contributed by atoms with Gasteiger partial charge in [-0.05, 0) is 64.4 Å². The highest BCUT2D eigenvalue weighted by Gasteiger charge is 2.20. The first-order chi connectivity index (χ1) is 13.3. The molecule has 0 heterocycles. The van der Waals surface area contributed by atoms with Gasteiger partial charge in [-0.3, -0.25) is 0 Å². The third-order valence-electron chi connectivity index (χ3n) is 5.20. The summed E-state index contributed by atoms with van der Waals surface area (Å²) in [5.41, 5.74) is 12.3. The first-order valence-corrected chi connectivity index (χ1v) is 9.31. The summed E-state index contributed by atoms with van der Waals surface area (Å²) < 4.78 is 5.48. The molecule has 0 aromatic heterocycles. The van der Waals surface area contributed by atoms with Gasteiger partial charge < -0.3 is 10.1 Å². The Bertz CT molecular complexity index is 989. The SMILES string of the molecule is [N-]=[N+]=NCOc1ccc2c(c1)CCCC2NCc1cccc2ccccc12. The Morgan fingerprint density at radius 2 is 2.00 bits per heavy atom. The number of aryl methyl sites for hydroxylation is 1. The molecule has 3 aromatic rings. The predicted octanol–water partition coefficient (Wildman–Crippen LogP) is 5.65. The van der Waals surface area contributed by atoms with Gasteiger partial charge in [0, 0.05) is 17.5 Å². The number of nitrogens with one attached hydrogen (secondary N) is 1. The van der Waals surface area contributed by atoms with Gasteiger partial charge in [0.1, 0.15) is 5.75 Å². The van der Waals surface area contributed by atoms with Crippen LogP contribution >= 0.6 is 0 Å². The molecular formula is C22H22N4O. The van der Waals surface area contributed by atoms with Crippen LogP contribution in [0.2, 0.25) is 0 Å². The van der Waals surface area contributed by atoms with E-state index < -0.39 is 0 Å². The minimum atomic E-state index is 0.0258. The van der Waals surface area contributed by atoms with Crippen molar-refractivity contribution in [2.45, 2.75) is 31.8 Å². The van der Waals surface area contributed by atoms with Crippen LogP contribution in [0.25, 0.3) is 21.2 Å². The molecule has 4 rings (SSSR count). The Morgan fingerprint density at radius 3 is 2.93 bits per heavy atom. The molecule has 0 amide bonds. The van der Waals surface area contributed by atoms with E-state index in [1.165, 1.54) is 27.5 Å². The minimum absolute atomic E-state index is 0.0258.